The first-order valence-corrected chi connectivity index (χ1v) is 14.9. The molecule has 0 spiro atoms. The number of nitrogens with one attached hydrogen (secondary N) is 1. The standard InChI is InChI=1S/C29H34ClN3O5S/c1-4-27(29(35)31-5-2)32(19-23-13-9-10-14-26(23)30)28(34)20-33(39(3,36)37)24-15-17-25(18-16-24)38-21-22-11-7-6-8-12-22/h6-18,27H,4-5,19-21H2,1-3H3,(H,31,35)/t27-/m1/s1. The van der Waals surface area contributed by atoms with Gasteiger partial charge >= 0.3 is 0 Å². The van der Waals surface area contributed by atoms with E-state index in [1.807, 2.05) is 30.3 Å². The highest BCUT2D eigenvalue weighted by Gasteiger charge is 2.31. The van der Waals surface area contributed by atoms with Crippen LogP contribution in [0.4, 0.5) is 5.69 Å². The van der Waals surface area contributed by atoms with Crippen LogP contribution >= 0.6 is 11.6 Å². The Bertz CT molecular complexity index is 1350. The highest BCUT2D eigenvalue weighted by atomic mass is 35.5. The van der Waals surface area contributed by atoms with Gasteiger partial charge in [-0.05, 0) is 54.8 Å². The molecule has 0 bridgehead atoms. The fraction of sp³-hybridized carbons (Fsp3) is 0.310. The lowest BCUT2D eigenvalue weighted by atomic mass is 10.1. The summed E-state index contributed by atoms with van der Waals surface area (Å²) >= 11 is 6.36. The quantitative estimate of drug-likeness (QED) is 0.323. The zero-order chi connectivity index (χ0) is 28.4. The van der Waals surface area contributed by atoms with Crippen LogP contribution in [0.1, 0.15) is 31.4 Å². The Morgan fingerprint density at radius 1 is 0.949 bits per heavy atom. The van der Waals surface area contributed by atoms with Crippen molar-refractivity contribution in [1.82, 2.24) is 10.2 Å². The van der Waals surface area contributed by atoms with Crippen molar-refractivity contribution in [2.24, 2.45) is 0 Å². The zero-order valence-electron chi connectivity index (χ0n) is 22.3. The van der Waals surface area contributed by atoms with Gasteiger partial charge in [0.1, 0.15) is 24.9 Å². The third kappa shape index (κ3) is 8.46. The first-order valence-electron chi connectivity index (χ1n) is 12.7. The van der Waals surface area contributed by atoms with Gasteiger partial charge in [0.05, 0.1) is 11.9 Å². The number of nitrogens with zero attached hydrogens (tertiary/aromatic N) is 2. The highest BCUT2D eigenvalue weighted by molar-refractivity contribution is 7.92. The second-order valence-corrected chi connectivity index (χ2v) is 11.3. The number of ether oxygens (including phenoxy) is 1. The number of hydrogen-bond acceptors (Lipinski definition) is 5. The summed E-state index contributed by atoms with van der Waals surface area (Å²) in [6, 6.07) is 22.4. The predicted molar refractivity (Wildman–Crippen MR) is 154 cm³/mol. The minimum absolute atomic E-state index is 0.0536. The molecular formula is C29H34ClN3O5S. The van der Waals surface area contributed by atoms with E-state index in [0.29, 0.717) is 41.6 Å². The number of rotatable bonds is 13. The van der Waals surface area contributed by atoms with E-state index in [9.17, 15) is 18.0 Å². The summed E-state index contributed by atoms with van der Waals surface area (Å²) in [5, 5.41) is 3.22. The lowest BCUT2D eigenvalue weighted by molar-refractivity contribution is -0.140. The minimum Gasteiger partial charge on any atom is -0.489 e. The molecule has 0 saturated heterocycles. The molecule has 0 saturated carbocycles. The average Bonchev–Trinajstić information content (AvgIpc) is 2.92. The molecule has 0 aliphatic rings. The monoisotopic (exact) mass is 571 g/mol. The van der Waals surface area contributed by atoms with E-state index >= 15 is 0 Å². The summed E-state index contributed by atoms with van der Waals surface area (Å²) in [6.45, 7) is 3.93. The predicted octanol–water partition coefficient (Wildman–Crippen LogP) is 4.63. The maximum absolute atomic E-state index is 13.7. The van der Waals surface area contributed by atoms with E-state index in [1.54, 1.807) is 62.4 Å². The number of likely N-dealkylation sites (N-methyl/N-ethyl adjacent to an activating group) is 1. The molecule has 0 aliphatic heterocycles. The second-order valence-electron chi connectivity index (χ2n) is 8.97. The number of amides is 2. The van der Waals surface area contributed by atoms with Gasteiger partial charge in [-0.2, -0.15) is 0 Å². The normalized spacial score (nSPS) is 11.9. The number of hydrogen-bond donors (Lipinski definition) is 1. The van der Waals surface area contributed by atoms with E-state index < -0.39 is 28.5 Å². The lowest BCUT2D eigenvalue weighted by Crippen LogP contribution is -2.52. The Morgan fingerprint density at radius 3 is 2.18 bits per heavy atom. The molecule has 3 aromatic rings. The van der Waals surface area contributed by atoms with Gasteiger partial charge in [-0.3, -0.25) is 13.9 Å². The van der Waals surface area contributed by atoms with Crippen LogP contribution in [0.15, 0.2) is 78.9 Å². The largest absolute Gasteiger partial charge is 0.489 e. The first kappa shape index (κ1) is 30.0. The van der Waals surface area contributed by atoms with E-state index in [4.69, 9.17) is 16.3 Å². The van der Waals surface area contributed by atoms with Crippen LogP contribution in [0, 0.1) is 0 Å². The van der Waals surface area contributed by atoms with Crippen molar-refractivity contribution in [3.63, 3.8) is 0 Å². The summed E-state index contributed by atoms with van der Waals surface area (Å²) in [5.74, 6) is -0.279. The van der Waals surface area contributed by atoms with Crippen molar-refractivity contribution in [3.05, 3.63) is 95.0 Å². The van der Waals surface area contributed by atoms with Crippen LogP contribution in [-0.2, 0) is 32.8 Å². The molecule has 8 nitrogen and oxygen atoms in total. The van der Waals surface area contributed by atoms with Gasteiger partial charge < -0.3 is 15.0 Å². The Labute approximate surface area is 235 Å². The average molecular weight is 572 g/mol. The van der Waals surface area contributed by atoms with Gasteiger partial charge in [-0.15, -0.1) is 0 Å². The van der Waals surface area contributed by atoms with Gasteiger partial charge in [-0.1, -0.05) is 67.1 Å². The molecule has 0 unspecified atom stereocenters. The van der Waals surface area contributed by atoms with Crippen molar-refractivity contribution in [1.29, 1.82) is 0 Å². The molecule has 1 atom stereocenters. The van der Waals surface area contributed by atoms with Crippen LogP contribution in [0.3, 0.4) is 0 Å². The molecule has 1 N–H and O–H groups in total. The molecule has 0 aliphatic carbocycles. The first-order chi connectivity index (χ1) is 18.6. The molecule has 208 valence electrons. The molecule has 0 aromatic heterocycles. The number of benzene rings is 3. The van der Waals surface area contributed by atoms with E-state index in [1.165, 1.54) is 4.90 Å². The molecule has 0 heterocycles. The topological polar surface area (TPSA) is 96.0 Å². The van der Waals surface area contributed by atoms with Gasteiger partial charge in [0.15, 0.2) is 0 Å². The molecule has 3 aromatic carbocycles. The SMILES string of the molecule is CCNC(=O)[C@@H](CC)N(Cc1ccccc1Cl)C(=O)CN(c1ccc(OCc2ccccc2)cc1)S(C)(=O)=O. The summed E-state index contributed by atoms with van der Waals surface area (Å²) in [7, 11) is -3.84. The summed E-state index contributed by atoms with van der Waals surface area (Å²) in [4.78, 5) is 28.0. The van der Waals surface area contributed by atoms with Crippen molar-refractivity contribution < 1.29 is 22.7 Å². The van der Waals surface area contributed by atoms with Gasteiger partial charge in [0.25, 0.3) is 0 Å². The summed E-state index contributed by atoms with van der Waals surface area (Å²) < 4.78 is 32.4. The second kappa shape index (κ2) is 14.0. The molecule has 0 radical (unpaired) electrons. The Morgan fingerprint density at radius 2 is 1.59 bits per heavy atom. The molecule has 0 fully saturated rings. The maximum Gasteiger partial charge on any atom is 0.244 e. The van der Waals surface area contributed by atoms with Crippen LogP contribution in [-0.4, -0.2) is 50.5 Å². The maximum atomic E-state index is 13.7. The molecule has 10 heteroatoms. The fourth-order valence-corrected chi connectivity index (χ4v) is 5.13. The van der Waals surface area contributed by atoms with Crippen molar-refractivity contribution in [2.75, 3.05) is 23.7 Å². The third-order valence-corrected chi connectivity index (χ3v) is 7.60. The third-order valence-electron chi connectivity index (χ3n) is 6.09. The number of carbonyl (C=O) groups excluding carboxylic acids is 2. The number of carbonyl (C=O) groups is 2. The number of anilines is 1. The highest BCUT2D eigenvalue weighted by Crippen LogP contribution is 2.24. The molecule has 39 heavy (non-hydrogen) atoms. The fourth-order valence-electron chi connectivity index (χ4n) is 4.08. The Balaban J connectivity index is 1.85. The Hall–Kier alpha value is -3.56. The van der Waals surface area contributed by atoms with Gasteiger partial charge in [-0.25, -0.2) is 8.42 Å². The Kier molecular flexibility index (Phi) is 10.8. The van der Waals surface area contributed by atoms with E-state index in [0.717, 1.165) is 16.1 Å². The lowest BCUT2D eigenvalue weighted by Gasteiger charge is -2.33. The minimum atomic E-state index is -3.84. The van der Waals surface area contributed by atoms with Crippen LogP contribution in [0.25, 0.3) is 0 Å². The van der Waals surface area contributed by atoms with Gasteiger partial charge in [0.2, 0.25) is 21.8 Å². The number of halogens is 1. The van der Waals surface area contributed by atoms with E-state index in [2.05, 4.69) is 5.32 Å². The summed E-state index contributed by atoms with van der Waals surface area (Å²) in [6.07, 6.45) is 1.38. The zero-order valence-corrected chi connectivity index (χ0v) is 23.9. The molecular weight excluding hydrogens is 538 g/mol. The molecule has 3 rings (SSSR count). The van der Waals surface area contributed by atoms with Crippen LogP contribution in [0.2, 0.25) is 5.02 Å². The van der Waals surface area contributed by atoms with Crippen LogP contribution < -0.4 is 14.4 Å². The number of sulfonamides is 1. The van der Waals surface area contributed by atoms with Crippen molar-refractivity contribution in [3.8, 4) is 5.75 Å². The summed E-state index contributed by atoms with van der Waals surface area (Å²) in [5.41, 5.74) is 1.96. The smallest absolute Gasteiger partial charge is 0.244 e. The molecule has 2 amide bonds. The van der Waals surface area contributed by atoms with Gasteiger partial charge in [0, 0.05) is 18.1 Å². The van der Waals surface area contributed by atoms with E-state index in [-0.39, 0.29) is 12.5 Å². The van der Waals surface area contributed by atoms with Crippen LogP contribution in [0.5, 0.6) is 5.75 Å². The van der Waals surface area contributed by atoms with Crippen molar-refractivity contribution in [2.45, 2.75) is 39.5 Å². The van der Waals surface area contributed by atoms with Crippen molar-refractivity contribution >= 4 is 39.1 Å².